The van der Waals surface area contributed by atoms with Crippen LogP contribution in [-0.2, 0) is 6.54 Å². The van der Waals surface area contributed by atoms with Crippen LogP contribution in [0.1, 0.15) is 30.1 Å². The number of unbranched alkanes of at least 4 members (excludes halogenated alkanes) is 1. The number of nitrogen functional groups attached to an aromatic ring is 1. The minimum atomic E-state index is -0.527. The van der Waals surface area contributed by atoms with E-state index in [1.807, 2.05) is 0 Å². The molecular formula is C11H19FN4O. The van der Waals surface area contributed by atoms with Gasteiger partial charge in [0.1, 0.15) is 12.2 Å². The molecule has 0 saturated heterocycles. The number of aromatic nitrogens is 2. The molecule has 2 N–H and O–H groups in total. The number of carbonyl (C=O) groups is 1. The Kier molecular flexibility index (Phi) is 4.93. The molecule has 1 aromatic rings. The lowest BCUT2D eigenvalue weighted by atomic mass is 10.2. The van der Waals surface area contributed by atoms with Crippen LogP contribution in [0.5, 0.6) is 0 Å². The molecule has 5 nitrogen and oxygen atoms in total. The molecule has 0 aliphatic carbocycles. The van der Waals surface area contributed by atoms with Crippen LogP contribution in [-0.4, -0.2) is 40.9 Å². The van der Waals surface area contributed by atoms with Crippen molar-refractivity contribution in [3.8, 4) is 0 Å². The molecule has 0 bridgehead atoms. The lowest BCUT2D eigenvalue weighted by molar-refractivity contribution is 0.0794. The second-order valence-corrected chi connectivity index (χ2v) is 3.96. The van der Waals surface area contributed by atoms with Crippen LogP contribution >= 0.6 is 0 Å². The number of hydrogen-bond donors (Lipinski definition) is 1. The quantitative estimate of drug-likeness (QED) is 0.818. The zero-order valence-corrected chi connectivity index (χ0v) is 10.3. The zero-order valence-electron chi connectivity index (χ0n) is 10.3. The number of nitrogens with zero attached hydrogens (tertiary/aromatic N) is 3. The van der Waals surface area contributed by atoms with Gasteiger partial charge in [-0.15, -0.1) is 0 Å². The van der Waals surface area contributed by atoms with Gasteiger partial charge in [0.05, 0.1) is 6.54 Å². The maximum absolute atomic E-state index is 12.1. The third-order valence-corrected chi connectivity index (χ3v) is 2.53. The van der Waals surface area contributed by atoms with Gasteiger partial charge in [0.25, 0.3) is 5.91 Å². The largest absolute Gasteiger partial charge is 0.382 e. The van der Waals surface area contributed by atoms with Crippen molar-refractivity contribution in [2.75, 3.05) is 26.0 Å². The molecular weight excluding hydrogens is 223 g/mol. The van der Waals surface area contributed by atoms with Crippen LogP contribution in [0.2, 0.25) is 0 Å². The first-order chi connectivity index (χ1) is 8.10. The fraction of sp³-hybridized carbons (Fsp3) is 0.636. The standard InChI is InChI=1S/C11H19FN4O/c1-3-4-6-15(2)11(17)9-8-16(7-5-12)14-10(9)13/h8H,3-7H2,1-2H3,(H2,13,14). The Labute approximate surface area is 100 Å². The molecule has 0 atom stereocenters. The Hall–Kier alpha value is -1.59. The average molecular weight is 242 g/mol. The molecule has 1 rings (SSSR count). The van der Waals surface area contributed by atoms with Crippen molar-refractivity contribution in [2.45, 2.75) is 26.3 Å². The van der Waals surface area contributed by atoms with E-state index in [4.69, 9.17) is 5.73 Å². The summed E-state index contributed by atoms with van der Waals surface area (Å²) in [5.41, 5.74) is 5.98. The van der Waals surface area contributed by atoms with Crippen LogP contribution in [0.3, 0.4) is 0 Å². The lowest BCUT2D eigenvalue weighted by Crippen LogP contribution is -2.28. The average Bonchev–Trinajstić information content (AvgIpc) is 2.66. The maximum Gasteiger partial charge on any atom is 0.258 e. The number of alkyl halides is 1. The number of aryl methyl sites for hydroxylation is 1. The summed E-state index contributed by atoms with van der Waals surface area (Å²) in [5.74, 6) is -0.00661. The Morgan fingerprint density at radius 2 is 2.35 bits per heavy atom. The highest BCUT2D eigenvalue weighted by molar-refractivity contribution is 5.97. The summed E-state index contributed by atoms with van der Waals surface area (Å²) >= 11 is 0. The number of halogens is 1. The van der Waals surface area contributed by atoms with Gasteiger partial charge in [0.15, 0.2) is 5.82 Å². The van der Waals surface area contributed by atoms with Gasteiger partial charge in [-0.25, -0.2) is 4.39 Å². The number of anilines is 1. The molecule has 0 saturated carbocycles. The van der Waals surface area contributed by atoms with E-state index in [-0.39, 0.29) is 18.3 Å². The van der Waals surface area contributed by atoms with E-state index >= 15 is 0 Å². The molecule has 0 radical (unpaired) electrons. The Balaban J connectivity index is 2.73. The van der Waals surface area contributed by atoms with Crippen molar-refractivity contribution in [1.29, 1.82) is 0 Å². The number of nitrogens with two attached hydrogens (primary N) is 1. The summed E-state index contributed by atoms with van der Waals surface area (Å²) in [6.07, 6.45) is 3.47. The summed E-state index contributed by atoms with van der Waals surface area (Å²) < 4.78 is 13.5. The fourth-order valence-corrected chi connectivity index (χ4v) is 1.50. The van der Waals surface area contributed by atoms with Crippen LogP contribution in [0, 0.1) is 0 Å². The van der Waals surface area contributed by atoms with Gasteiger partial charge < -0.3 is 10.6 Å². The van der Waals surface area contributed by atoms with Crippen LogP contribution in [0.4, 0.5) is 10.2 Å². The van der Waals surface area contributed by atoms with E-state index in [0.717, 1.165) is 12.8 Å². The molecule has 0 unspecified atom stereocenters. The summed E-state index contributed by atoms with van der Waals surface area (Å²) in [4.78, 5) is 13.6. The van der Waals surface area contributed by atoms with Gasteiger partial charge in [-0.3, -0.25) is 9.48 Å². The van der Waals surface area contributed by atoms with Crippen molar-refractivity contribution in [3.63, 3.8) is 0 Å². The molecule has 1 heterocycles. The molecule has 17 heavy (non-hydrogen) atoms. The first kappa shape index (κ1) is 13.5. The second kappa shape index (κ2) is 6.22. The van der Waals surface area contributed by atoms with Crippen molar-refractivity contribution in [2.24, 2.45) is 0 Å². The SMILES string of the molecule is CCCCN(C)C(=O)c1cn(CCF)nc1N. The van der Waals surface area contributed by atoms with Gasteiger partial charge in [-0.05, 0) is 6.42 Å². The third kappa shape index (κ3) is 3.44. The Morgan fingerprint density at radius 1 is 1.65 bits per heavy atom. The molecule has 96 valence electrons. The van der Waals surface area contributed by atoms with E-state index in [2.05, 4.69) is 12.0 Å². The minimum absolute atomic E-state index is 0.121. The van der Waals surface area contributed by atoms with Gasteiger partial charge in [0, 0.05) is 19.8 Å². The van der Waals surface area contributed by atoms with Crippen LogP contribution < -0.4 is 5.73 Å². The highest BCUT2D eigenvalue weighted by Crippen LogP contribution is 2.12. The molecule has 0 fully saturated rings. The van der Waals surface area contributed by atoms with Crippen molar-refractivity contribution in [3.05, 3.63) is 11.8 Å². The van der Waals surface area contributed by atoms with Crippen molar-refractivity contribution < 1.29 is 9.18 Å². The number of hydrogen-bond acceptors (Lipinski definition) is 3. The molecule has 0 aromatic carbocycles. The van der Waals surface area contributed by atoms with Gasteiger partial charge in [-0.1, -0.05) is 13.3 Å². The zero-order chi connectivity index (χ0) is 12.8. The highest BCUT2D eigenvalue weighted by atomic mass is 19.1. The summed E-state index contributed by atoms with van der Waals surface area (Å²) in [6, 6.07) is 0. The monoisotopic (exact) mass is 242 g/mol. The van der Waals surface area contributed by atoms with Crippen molar-refractivity contribution in [1.82, 2.24) is 14.7 Å². The predicted molar refractivity (Wildman–Crippen MR) is 64.5 cm³/mol. The van der Waals surface area contributed by atoms with Gasteiger partial charge in [0.2, 0.25) is 0 Å². The number of carbonyl (C=O) groups excluding carboxylic acids is 1. The first-order valence-electron chi connectivity index (χ1n) is 5.74. The maximum atomic E-state index is 12.1. The third-order valence-electron chi connectivity index (χ3n) is 2.53. The molecule has 1 aromatic heterocycles. The Morgan fingerprint density at radius 3 is 2.94 bits per heavy atom. The van der Waals surface area contributed by atoms with E-state index in [1.165, 1.54) is 10.9 Å². The lowest BCUT2D eigenvalue weighted by Gasteiger charge is -2.15. The summed E-state index contributed by atoms with van der Waals surface area (Å²) in [7, 11) is 1.73. The van der Waals surface area contributed by atoms with Gasteiger partial charge in [-0.2, -0.15) is 5.10 Å². The molecule has 0 aliphatic heterocycles. The van der Waals surface area contributed by atoms with Crippen molar-refractivity contribution >= 4 is 11.7 Å². The second-order valence-electron chi connectivity index (χ2n) is 3.96. The predicted octanol–water partition coefficient (Wildman–Crippen LogP) is 1.31. The summed E-state index contributed by atoms with van der Waals surface area (Å²) in [6.45, 7) is 2.34. The molecule has 1 amide bonds. The van der Waals surface area contributed by atoms with Crippen LogP contribution in [0.25, 0.3) is 0 Å². The normalized spacial score (nSPS) is 10.5. The smallest absolute Gasteiger partial charge is 0.258 e. The molecule has 6 heteroatoms. The topological polar surface area (TPSA) is 64.2 Å². The first-order valence-corrected chi connectivity index (χ1v) is 5.74. The summed E-state index contributed by atoms with van der Waals surface area (Å²) in [5, 5.41) is 3.89. The van der Waals surface area contributed by atoms with Gasteiger partial charge >= 0.3 is 0 Å². The number of rotatable bonds is 6. The Bertz CT molecular complexity index is 378. The number of amides is 1. The minimum Gasteiger partial charge on any atom is -0.382 e. The molecule has 0 spiro atoms. The van der Waals surface area contributed by atoms with Crippen LogP contribution in [0.15, 0.2) is 6.20 Å². The molecule has 0 aliphatic rings. The van der Waals surface area contributed by atoms with E-state index in [9.17, 15) is 9.18 Å². The van der Waals surface area contributed by atoms with E-state index in [0.29, 0.717) is 12.1 Å². The fourth-order valence-electron chi connectivity index (χ4n) is 1.50. The van der Waals surface area contributed by atoms with E-state index < -0.39 is 6.67 Å². The highest BCUT2D eigenvalue weighted by Gasteiger charge is 2.17. The van der Waals surface area contributed by atoms with E-state index in [1.54, 1.807) is 11.9 Å².